The van der Waals surface area contributed by atoms with E-state index in [2.05, 4.69) is 18.2 Å². The lowest BCUT2D eigenvalue weighted by Crippen LogP contribution is -2.29. The Bertz CT molecular complexity index is 1060. The molecule has 1 aliphatic heterocycles. The van der Waals surface area contributed by atoms with Crippen molar-refractivity contribution in [1.82, 2.24) is 4.57 Å². The van der Waals surface area contributed by atoms with Crippen LogP contribution in [0.15, 0.2) is 46.2 Å². The Kier molecular flexibility index (Phi) is 3.72. The molecule has 0 unspecified atom stereocenters. The molecule has 1 fully saturated rings. The molecule has 1 aliphatic carbocycles. The molecule has 1 N–H and O–H groups in total. The van der Waals surface area contributed by atoms with Gasteiger partial charge < -0.3 is 5.11 Å². The minimum Gasteiger partial charge on any atom is -0.480 e. The number of carboxylic acid groups (broad SMARTS) is 1. The van der Waals surface area contributed by atoms with Crippen LogP contribution in [0.3, 0.4) is 0 Å². The van der Waals surface area contributed by atoms with E-state index in [9.17, 15) is 14.7 Å². The predicted molar refractivity (Wildman–Crippen MR) is 105 cm³/mol. The fraction of sp³-hybridized carbons (Fsp3) is 0.300. The van der Waals surface area contributed by atoms with Crippen molar-refractivity contribution in [3.63, 3.8) is 0 Å². The highest BCUT2D eigenvalue weighted by molar-refractivity contribution is 7.99. The van der Waals surface area contributed by atoms with Gasteiger partial charge >= 0.3 is 5.97 Å². The average molecular weight is 383 g/mol. The molecule has 26 heavy (non-hydrogen) atoms. The summed E-state index contributed by atoms with van der Waals surface area (Å²) in [4.78, 5) is 25.5. The highest BCUT2D eigenvalue weighted by Crippen LogP contribution is 2.48. The second-order valence-electron chi connectivity index (χ2n) is 6.96. The first-order valence-corrected chi connectivity index (χ1v) is 10.5. The molecule has 0 saturated heterocycles. The van der Waals surface area contributed by atoms with Gasteiger partial charge in [0.05, 0.1) is 5.03 Å². The zero-order chi connectivity index (χ0) is 17.8. The molecule has 3 aromatic rings. The van der Waals surface area contributed by atoms with Crippen LogP contribution in [-0.4, -0.2) is 21.4 Å². The molecule has 0 radical (unpaired) electrons. The van der Waals surface area contributed by atoms with Crippen molar-refractivity contribution in [3.8, 4) is 0 Å². The second kappa shape index (κ2) is 5.99. The molecule has 132 valence electrons. The minimum absolute atomic E-state index is 0.182. The normalized spacial score (nSPS) is 19.0. The van der Waals surface area contributed by atoms with E-state index in [-0.39, 0.29) is 5.56 Å². The summed E-state index contributed by atoms with van der Waals surface area (Å²) in [6.07, 6.45) is 3.00. The molecular formula is C20H17NO3S2. The van der Waals surface area contributed by atoms with E-state index in [4.69, 9.17) is 0 Å². The largest absolute Gasteiger partial charge is 0.480 e. The Morgan fingerprint density at radius 1 is 1.23 bits per heavy atom. The van der Waals surface area contributed by atoms with Gasteiger partial charge in [-0.1, -0.05) is 18.2 Å². The number of hydrogen-bond acceptors (Lipinski definition) is 4. The lowest BCUT2D eigenvalue weighted by Gasteiger charge is -2.15. The van der Waals surface area contributed by atoms with E-state index in [0.717, 1.165) is 29.9 Å². The number of pyridine rings is 1. The van der Waals surface area contributed by atoms with Gasteiger partial charge in [-0.2, -0.15) is 0 Å². The first-order chi connectivity index (χ1) is 12.6. The molecule has 1 saturated carbocycles. The number of thiophene rings is 1. The number of thioether (sulfide) groups is 1. The molecule has 2 aliphatic rings. The van der Waals surface area contributed by atoms with Gasteiger partial charge in [-0.25, -0.2) is 4.79 Å². The molecule has 3 heterocycles. The smallest absolute Gasteiger partial charge is 0.327 e. The first kappa shape index (κ1) is 16.1. The van der Waals surface area contributed by atoms with E-state index in [1.165, 1.54) is 36.9 Å². The lowest BCUT2D eigenvalue weighted by molar-refractivity contribution is -0.140. The number of aromatic nitrogens is 1. The molecule has 5 rings (SSSR count). The van der Waals surface area contributed by atoms with E-state index < -0.39 is 12.0 Å². The maximum absolute atomic E-state index is 12.7. The van der Waals surface area contributed by atoms with E-state index in [1.807, 2.05) is 12.1 Å². The third-order valence-corrected chi connectivity index (χ3v) is 7.42. The predicted octanol–water partition coefficient (Wildman–Crippen LogP) is 4.26. The van der Waals surface area contributed by atoms with Crippen molar-refractivity contribution in [2.75, 3.05) is 5.75 Å². The van der Waals surface area contributed by atoms with Crippen molar-refractivity contribution in [2.45, 2.75) is 36.2 Å². The summed E-state index contributed by atoms with van der Waals surface area (Å²) in [5.74, 6) is -0.00461. The number of rotatable bonds is 4. The van der Waals surface area contributed by atoms with Gasteiger partial charge in [0.25, 0.3) is 5.56 Å². The molecule has 1 atom stereocenters. The number of fused-ring (bicyclic) bond motifs is 2. The zero-order valence-corrected chi connectivity index (χ0v) is 15.6. The van der Waals surface area contributed by atoms with Crippen LogP contribution in [0.25, 0.3) is 10.1 Å². The van der Waals surface area contributed by atoms with Gasteiger partial charge in [-0.05, 0) is 47.4 Å². The minimum atomic E-state index is -0.919. The Labute approximate surface area is 158 Å². The van der Waals surface area contributed by atoms with Crippen LogP contribution in [0.2, 0.25) is 0 Å². The molecule has 6 heteroatoms. The number of carbonyl (C=O) groups is 1. The Morgan fingerprint density at radius 2 is 2.04 bits per heavy atom. The molecular weight excluding hydrogens is 366 g/mol. The van der Waals surface area contributed by atoms with E-state index >= 15 is 0 Å². The van der Waals surface area contributed by atoms with Crippen LogP contribution in [0.5, 0.6) is 0 Å². The summed E-state index contributed by atoms with van der Waals surface area (Å²) < 4.78 is 2.77. The molecule has 2 aromatic heterocycles. The summed E-state index contributed by atoms with van der Waals surface area (Å²) in [5, 5.41) is 11.6. The number of carboxylic acids is 1. The van der Waals surface area contributed by atoms with Crippen LogP contribution < -0.4 is 5.56 Å². The topological polar surface area (TPSA) is 59.3 Å². The maximum atomic E-state index is 12.7. The summed E-state index contributed by atoms with van der Waals surface area (Å²) in [6, 6.07) is 11.5. The summed E-state index contributed by atoms with van der Waals surface area (Å²) in [7, 11) is 0. The van der Waals surface area contributed by atoms with Crippen molar-refractivity contribution >= 4 is 39.2 Å². The zero-order valence-electron chi connectivity index (χ0n) is 14.0. The number of aliphatic carboxylic acids is 1. The van der Waals surface area contributed by atoms with Gasteiger partial charge in [0.2, 0.25) is 0 Å². The SMILES string of the molecule is O=C(O)[C@@H]1CSc2c(C3CC3)c(Cc3cc4ccccc4s3)cc(=O)n21. The quantitative estimate of drug-likeness (QED) is 0.731. The van der Waals surface area contributed by atoms with Crippen LogP contribution in [0.1, 0.15) is 40.8 Å². The van der Waals surface area contributed by atoms with Gasteiger partial charge in [-0.3, -0.25) is 9.36 Å². The fourth-order valence-corrected chi connectivity index (χ4v) is 6.29. The Morgan fingerprint density at radius 3 is 2.77 bits per heavy atom. The van der Waals surface area contributed by atoms with Crippen LogP contribution >= 0.6 is 23.1 Å². The summed E-state index contributed by atoms with van der Waals surface area (Å²) >= 11 is 3.30. The molecule has 0 bridgehead atoms. The van der Waals surface area contributed by atoms with Crippen LogP contribution in [0, 0.1) is 0 Å². The van der Waals surface area contributed by atoms with Crippen LogP contribution in [-0.2, 0) is 11.2 Å². The summed E-state index contributed by atoms with van der Waals surface area (Å²) in [6.45, 7) is 0. The number of nitrogens with zero attached hydrogens (tertiary/aromatic N) is 1. The second-order valence-corrected chi connectivity index (χ2v) is 9.14. The number of benzene rings is 1. The molecule has 4 nitrogen and oxygen atoms in total. The monoisotopic (exact) mass is 383 g/mol. The van der Waals surface area contributed by atoms with Gasteiger partial charge in [0, 0.05) is 27.8 Å². The third kappa shape index (κ3) is 2.59. The standard InChI is InChI=1S/C20H17NO3S2/c22-17-9-13(8-14-7-12-3-1-2-4-16(12)26-14)18(11-5-6-11)19-21(17)15(10-25-19)20(23)24/h1-4,7,9,11,15H,5-6,8,10H2,(H,23,24)/t15-/m0/s1. The van der Waals surface area contributed by atoms with Gasteiger partial charge in [0.1, 0.15) is 6.04 Å². The highest BCUT2D eigenvalue weighted by atomic mass is 32.2. The lowest BCUT2D eigenvalue weighted by atomic mass is 10.0. The van der Waals surface area contributed by atoms with Crippen LogP contribution in [0.4, 0.5) is 0 Å². The molecule has 0 amide bonds. The molecule has 0 spiro atoms. The van der Waals surface area contributed by atoms with Crippen molar-refractivity contribution in [2.24, 2.45) is 0 Å². The average Bonchev–Trinajstić information content (AvgIpc) is 3.18. The van der Waals surface area contributed by atoms with E-state index in [0.29, 0.717) is 11.7 Å². The molecule has 1 aromatic carbocycles. The fourth-order valence-electron chi connectivity index (χ4n) is 3.79. The number of hydrogen-bond donors (Lipinski definition) is 1. The summed E-state index contributed by atoms with van der Waals surface area (Å²) in [5.41, 5.74) is 2.11. The van der Waals surface area contributed by atoms with Crippen molar-refractivity contribution in [1.29, 1.82) is 0 Å². The van der Waals surface area contributed by atoms with Gasteiger partial charge in [0.15, 0.2) is 0 Å². The highest BCUT2D eigenvalue weighted by Gasteiger charge is 2.37. The Hall–Kier alpha value is -2.05. The van der Waals surface area contributed by atoms with Crippen molar-refractivity contribution < 1.29 is 9.90 Å². The van der Waals surface area contributed by atoms with E-state index in [1.54, 1.807) is 17.4 Å². The van der Waals surface area contributed by atoms with Crippen molar-refractivity contribution in [3.05, 3.63) is 62.8 Å². The third-order valence-electron chi connectivity index (χ3n) is 5.13. The maximum Gasteiger partial charge on any atom is 0.327 e. The first-order valence-electron chi connectivity index (χ1n) is 8.73. The Balaban J connectivity index is 1.62. The van der Waals surface area contributed by atoms with Gasteiger partial charge in [-0.15, -0.1) is 23.1 Å².